The van der Waals surface area contributed by atoms with Crippen molar-refractivity contribution in [1.29, 1.82) is 0 Å². The van der Waals surface area contributed by atoms with Gasteiger partial charge in [-0.3, -0.25) is 0 Å². The lowest BCUT2D eigenvalue weighted by molar-refractivity contribution is 0.246. The average Bonchev–Trinajstić information content (AvgIpc) is 2.98. The lowest BCUT2D eigenvalue weighted by atomic mass is 9.99. The molecule has 0 heterocycles. The minimum atomic E-state index is -0.0986. The molecule has 116 valence electrons. The summed E-state index contributed by atoms with van der Waals surface area (Å²) in [6.07, 6.45) is 6.39. The van der Waals surface area contributed by atoms with E-state index in [0.29, 0.717) is 6.04 Å². The number of urea groups is 1. The SMILES string of the molecule is CCc1cc(C)cc(CC)c1N(S)C(=O)NC1CCCC1. The van der Waals surface area contributed by atoms with E-state index in [1.807, 2.05) is 0 Å². The van der Waals surface area contributed by atoms with Crippen molar-refractivity contribution in [3.63, 3.8) is 0 Å². The summed E-state index contributed by atoms with van der Waals surface area (Å²) in [7, 11) is 0. The van der Waals surface area contributed by atoms with Gasteiger partial charge in [0, 0.05) is 6.04 Å². The number of anilines is 1. The van der Waals surface area contributed by atoms with E-state index in [1.165, 1.54) is 33.8 Å². The first-order chi connectivity index (χ1) is 10.1. The molecule has 1 fully saturated rings. The number of nitrogens with one attached hydrogen (secondary N) is 1. The quantitative estimate of drug-likeness (QED) is 0.793. The van der Waals surface area contributed by atoms with Crippen LogP contribution >= 0.6 is 12.8 Å². The van der Waals surface area contributed by atoms with Crippen molar-refractivity contribution < 1.29 is 4.79 Å². The molecule has 1 aliphatic carbocycles. The molecule has 21 heavy (non-hydrogen) atoms. The van der Waals surface area contributed by atoms with Gasteiger partial charge in [0.15, 0.2) is 0 Å². The minimum absolute atomic E-state index is 0.0986. The molecule has 1 aliphatic rings. The Balaban J connectivity index is 2.24. The third kappa shape index (κ3) is 3.73. The zero-order valence-corrected chi connectivity index (χ0v) is 14.2. The van der Waals surface area contributed by atoms with Crippen molar-refractivity contribution in [2.45, 2.75) is 65.3 Å². The van der Waals surface area contributed by atoms with E-state index in [-0.39, 0.29) is 6.03 Å². The second-order valence-electron chi connectivity index (χ2n) is 5.88. The lowest BCUT2D eigenvalue weighted by Crippen LogP contribution is -2.40. The zero-order chi connectivity index (χ0) is 15.4. The zero-order valence-electron chi connectivity index (χ0n) is 13.3. The summed E-state index contributed by atoms with van der Waals surface area (Å²) in [4.78, 5) is 12.5. The molecular formula is C17H26N2OS. The fraction of sp³-hybridized carbons (Fsp3) is 0.588. The molecule has 0 unspecified atom stereocenters. The molecule has 2 amide bonds. The molecule has 4 heteroatoms. The second kappa shape index (κ2) is 7.21. The third-order valence-corrected chi connectivity index (χ3v) is 4.64. The van der Waals surface area contributed by atoms with Crippen LogP contribution in [0.15, 0.2) is 12.1 Å². The highest BCUT2D eigenvalue weighted by Gasteiger charge is 2.23. The molecule has 0 saturated heterocycles. The fourth-order valence-electron chi connectivity index (χ4n) is 3.15. The summed E-state index contributed by atoms with van der Waals surface area (Å²) in [6, 6.07) is 4.52. The molecule has 1 saturated carbocycles. The number of rotatable bonds is 4. The molecule has 1 aromatic carbocycles. The molecule has 0 aliphatic heterocycles. The smallest absolute Gasteiger partial charge is 0.332 e. The maximum Gasteiger partial charge on any atom is 0.332 e. The van der Waals surface area contributed by atoms with Gasteiger partial charge in [-0.2, -0.15) is 0 Å². The fourth-order valence-corrected chi connectivity index (χ4v) is 3.47. The molecule has 3 nitrogen and oxygen atoms in total. The molecular weight excluding hydrogens is 280 g/mol. The normalized spacial score (nSPS) is 15.2. The Hall–Kier alpha value is -1.16. The van der Waals surface area contributed by atoms with Crippen LogP contribution in [0.2, 0.25) is 0 Å². The Morgan fingerprint density at radius 3 is 2.24 bits per heavy atom. The van der Waals surface area contributed by atoms with Gasteiger partial charge in [0.1, 0.15) is 0 Å². The van der Waals surface area contributed by atoms with E-state index in [4.69, 9.17) is 0 Å². The standard InChI is InChI=1S/C17H26N2OS/c1-4-13-10-12(3)11-14(5-2)16(13)19(21)17(20)18-15-8-6-7-9-15/h10-11,15,21H,4-9H2,1-3H3,(H,18,20). The number of hydrogen-bond donors (Lipinski definition) is 2. The van der Waals surface area contributed by atoms with E-state index in [1.54, 1.807) is 0 Å². The van der Waals surface area contributed by atoms with Crippen LogP contribution < -0.4 is 9.62 Å². The Kier molecular flexibility index (Phi) is 5.57. The van der Waals surface area contributed by atoms with Crippen molar-refractivity contribution in [2.24, 2.45) is 0 Å². The first-order valence-corrected chi connectivity index (χ1v) is 8.38. The number of hydrogen-bond acceptors (Lipinski definition) is 2. The van der Waals surface area contributed by atoms with Crippen LogP contribution in [-0.4, -0.2) is 12.1 Å². The van der Waals surface area contributed by atoms with Crippen molar-refractivity contribution in [1.82, 2.24) is 5.32 Å². The predicted octanol–water partition coefficient (Wildman–Crippen LogP) is 4.42. The largest absolute Gasteiger partial charge is 0.334 e. The van der Waals surface area contributed by atoms with Gasteiger partial charge in [0.2, 0.25) is 0 Å². The lowest BCUT2D eigenvalue weighted by Gasteiger charge is -2.24. The van der Waals surface area contributed by atoms with Gasteiger partial charge in [-0.25, -0.2) is 9.10 Å². The summed E-state index contributed by atoms with van der Waals surface area (Å²) in [5.41, 5.74) is 4.57. The van der Waals surface area contributed by atoms with Crippen molar-refractivity contribution in [3.05, 3.63) is 28.8 Å². The number of thiol groups is 1. The van der Waals surface area contributed by atoms with Crippen LogP contribution in [0.3, 0.4) is 0 Å². The van der Waals surface area contributed by atoms with Gasteiger partial charge in [-0.1, -0.05) is 57.2 Å². The van der Waals surface area contributed by atoms with Crippen LogP contribution in [0.1, 0.15) is 56.2 Å². The number of carbonyl (C=O) groups excluding carboxylic acids is 1. The van der Waals surface area contributed by atoms with E-state index in [0.717, 1.165) is 31.4 Å². The minimum Gasteiger partial charge on any atom is -0.334 e. The topological polar surface area (TPSA) is 32.3 Å². The molecule has 0 radical (unpaired) electrons. The summed E-state index contributed by atoms with van der Waals surface area (Å²) in [6.45, 7) is 6.34. The van der Waals surface area contributed by atoms with Crippen LogP contribution in [0.25, 0.3) is 0 Å². The van der Waals surface area contributed by atoms with Gasteiger partial charge in [-0.15, -0.1) is 0 Å². The third-order valence-electron chi connectivity index (χ3n) is 4.26. The maximum atomic E-state index is 12.5. The summed E-state index contributed by atoms with van der Waals surface area (Å²) in [5, 5.41) is 3.10. The molecule has 0 aromatic heterocycles. The number of benzene rings is 1. The van der Waals surface area contributed by atoms with Crippen LogP contribution in [0.5, 0.6) is 0 Å². The van der Waals surface area contributed by atoms with Crippen LogP contribution in [0.4, 0.5) is 10.5 Å². The Morgan fingerprint density at radius 2 is 1.76 bits per heavy atom. The number of amides is 2. The van der Waals surface area contributed by atoms with E-state index in [9.17, 15) is 4.79 Å². The highest BCUT2D eigenvalue weighted by Crippen LogP contribution is 2.30. The Labute approximate surface area is 133 Å². The molecule has 1 aromatic rings. The predicted molar refractivity (Wildman–Crippen MR) is 92.2 cm³/mol. The molecule has 0 spiro atoms. The maximum absolute atomic E-state index is 12.5. The Morgan fingerprint density at radius 1 is 1.24 bits per heavy atom. The molecule has 0 atom stereocenters. The highest BCUT2D eigenvalue weighted by atomic mass is 32.1. The molecule has 1 N–H and O–H groups in total. The van der Waals surface area contributed by atoms with Gasteiger partial charge < -0.3 is 5.32 Å². The average molecular weight is 306 g/mol. The summed E-state index contributed by atoms with van der Waals surface area (Å²) in [5.74, 6) is 0. The van der Waals surface area contributed by atoms with Crippen LogP contribution in [0, 0.1) is 6.92 Å². The van der Waals surface area contributed by atoms with Crippen molar-refractivity contribution in [3.8, 4) is 0 Å². The van der Waals surface area contributed by atoms with Crippen molar-refractivity contribution >= 4 is 24.5 Å². The van der Waals surface area contributed by atoms with Gasteiger partial charge in [0.25, 0.3) is 0 Å². The first kappa shape index (κ1) is 16.2. The van der Waals surface area contributed by atoms with Crippen LogP contribution in [-0.2, 0) is 12.8 Å². The highest BCUT2D eigenvalue weighted by molar-refractivity contribution is 7.82. The van der Waals surface area contributed by atoms with E-state index < -0.39 is 0 Å². The monoisotopic (exact) mass is 306 g/mol. The number of nitrogens with zero attached hydrogens (tertiary/aromatic N) is 1. The number of carbonyl (C=O) groups is 1. The Bertz CT molecular complexity index is 485. The second-order valence-corrected chi connectivity index (χ2v) is 6.28. The molecule has 0 bridgehead atoms. The number of aryl methyl sites for hydroxylation is 3. The molecule has 2 rings (SSSR count). The summed E-state index contributed by atoms with van der Waals surface area (Å²) < 4.78 is 1.51. The summed E-state index contributed by atoms with van der Waals surface area (Å²) >= 11 is 4.49. The van der Waals surface area contributed by atoms with Gasteiger partial charge >= 0.3 is 6.03 Å². The van der Waals surface area contributed by atoms with E-state index in [2.05, 4.69) is 51.0 Å². The van der Waals surface area contributed by atoms with Crippen molar-refractivity contribution in [2.75, 3.05) is 4.31 Å². The van der Waals surface area contributed by atoms with Gasteiger partial charge in [0.05, 0.1) is 5.69 Å². The first-order valence-electron chi connectivity index (χ1n) is 7.98. The van der Waals surface area contributed by atoms with Gasteiger partial charge in [-0.05, 0) is 43.7 Å². The van der Waals surface area contributed by atoms with E-state index >= 15 is 0 Å².